The summed E-state index contributed by atoms with van der Waals surface area (Å²) in [5, 5.41) is 3.19. The molecule has 1 saturated heterocycles. The van der Waals surface area contributed by atoms with Crippen LogP contribution >= 0.6 is 0 Å². The van der Waals surface area contributed by atoms with E-state index in [4.69, 9.17) is 0 Å². The molecule has 3 aromatic heterocycles. The van der Waals surface area contributed by atoms with E-state index in [9.17, 15) is 22.4 Å². The number of pyridine rings is 3. The normalized spacial score (nSPS) is 21.7. The Bertz CT molecular complexity index is 1230. The average Bonchev–Trinajstić information content (AvgIpc) is 3.39. The molecule has 1 N–H and O–H groups in total. The lowest BCUT2D eigenvalue weighted by Crippen LogP contribution is -2.48. The molecule has 3 unspecified atom stereocenters. The van der Waals surface area contributed by atoms with E-state index in [2.05, 4.69) is 20.3 Å². The summed E-state index contributed by atoms with van der Waals surface area (Å²) < 4.78 is 52.9. The molecule has 10 heteroatoms. The number of fused-ring (bicyclic) bond motifs is 2. The second-order valence-electron chi connectivity index (χ2n) is 8.79. The zero-order chi connectivity index (χ0) is 24.0. The number of nitrogens with one attached hydrogen (secondary N) is 1. The Labute approximate surface area is 193 Å². The van der Waals surface area contributed by atoms with E-state index in [0.29, 0.717) is 17.9 Å². The Morgan fingerprint density at radius 3 is 2.62 bits per heavy atom. The number of aromatic nitrogens is 3. The van der Waals surface area contributed by atoms with E-state index in [1.807, 2.05) is 0 Å². The lowest BCUT2D eigenvalue weighted by atomic mass is 10.0. The van der Waals surface area contributed by atoms with Crippen molar-refractivity contribution in [2.24, 2.45) is 5.92 Å². The molecule has 5 rings (SSSR count). The van der Waals surface area contributed by atoms with Crippen molar-refractivity contribution in [1.29, 1.82) is 0 Å². The smallest absolute Gasteiger partial charge is 0.365 e. The molecule has 1 saturated carbocycles. The monoisotopic (exact) mass is 471 g/mol. The SMILES string of the molecule is Cc1cnc(C(=O)N2CC3CC(Nc4ccc(C(F)(F)F)cn4)C2C3)c(-c2ncccc2F)c1. The van der Waals surface area contributed by atoms with Crippen LogP contribution in [-0.2, 0) is 6.18 Å². The minimum absolute atomic E-state index is 0.0648. The number of carbonyl (C=O) groups is 1. The molecule has 1 aliphatic carbocycles. The molecule has 2 bridgehead atoms. The van der Waals surface area contributed by atoms with Crippen LogP contribution in [0.5, 0.6) is 0 Å². The lowest BCUT2D eigenvalue weighted by molar-refractivity contribution is -0.137. The number of halogens is 4. The Hall–Kier alpha value is -3.56. The zero-order valence-electron chi connectivity index (χ0n) is 18.2. The molecule has 1 aliphatic heterocycles. The Balaban J connectivity index is 1.39. The number of aryl methyl sites for hydroxylation is 1. The first-order chi connectivity index (χ1) is 16.2. The molecule has 3 atom stereocenters. The highest BCUT2D eigenvalue weighted by Gasteiger charge is 2.47. The van der Waals surface area contributed by atoms with Gasteiger partial charge in [-0.3, -0.25) is 14.8 Å². The van der Waals surface area contributed by atoms with Crippen LogP contribution < -0.4 is 5.32 Å². The predicted molar refractivity (Wildman–Crippen MR) is 116 cm³/mol. The van der Waals surface area contributed by atoms with Gasteiger partial charge in [0.15, 0.2) is 0 Å². The van der Waals surface area contributed by atoms with Crippen LogP contribution in [0.25, 0.3) is 11.3 Å². The van der Waals surface area contributed by atoms with Crippen molar-refractivity contribution in [2.45, 2.75) is 38.0 Å². The average molecular weight is 471 g/mol. The van der Waals surface area contributed by atoms with Crippen LogP contribution in [-0.4, -0.2) is 44.4 Å². The van der Waals surface area contributed by atoms with Gasteiger partial charge >= 0.3 is 6.18 Å². The third-order valence-electron chi connectivity index (χ3n) is 6.41. The number of hydrogen-bond donors (Lipinski definition) is 1. The van der Waals surface area contributed by atoms with Gasteiger partial charge in [-0.25, -0.2) is 9.37 Å². The molecule has 4 heterocycles. The maximum absolute atomic E-state index is 14.5. The number of amides is 1. The maximum atomic E-state index is 14.5. The van der Waals surface area contributed by atoms with Gasteiger partial charge in [0.25, 0.3) is 5.91 Å². The highest BCUT2D eigenvalue weighted by molar-refractivity contribution is 5.99. The fourth-order valence-electron chi connectivity index (χ4n) is 4.89. The van der Waals surface area contributed by atoms with Crippen LogP contribution in [0.2, 0.25) is 0 Å². The minimum atomic E-state index is -4.45. The predicted octanol–water partition coefficient (Wildman–Crippen LogP) is 4.72. The molecule has 0 spiro atoms. The van der Waals surface area contributed by atoms with Gasteiger partial charge in [0.05, 0.1) is 11.6 Å². The summed E-state index contributed by atoms with van der Waals surface area (Å²) in [6.45, 7) is 2.35. The molecule has 2 fully saturated rings. The van der Waals surface area contributed by atoms with E-state index in [0.717, 1.165) is 30.7 Å². The van der Waals surface area contributed by atoms with Crippen LogP contribution in [0.15, 0.2) is 48.9 Å². The highest BCUT2D eigenvalue weighted by Crippen LogP contribution is 2.40. The quantitative estimate of drug-likeness (QED) is 0.558. The van der Waals surface area contributed by atoms with Crippen LogP contribution in [0.4, 0.5) is 23.4 Å². The lowest BCUT2D eigenvalue weighted by Gasteiger charge is -2.34. The molecule has 3 aromatic rings. The summed E-state index contributed by atoms with van der Waals surface area (Å²) in [7, 11) is 0. The molecule has 0 radical (unpaired) electrons. The summed E-state index contributed by atoms with van der Waals surface area (Å²) in [6, 6.07) is 6.41. The van der Waals surface area contributed by atoms with Gasteiger partial charge in [0, 0.05) is 36.7 Å². The largest absolute Gasteiger partial charge is 0.417 e. The fourth-order valence-corrected chi connectivity index (χ4v) is 4.89. The molecule has 1 amide bonds. The van der Waals surface area contributed by atoms with E-state index in [1.54, 1.807) is 24.1 Å². The second kappa shape index (κ2) is 8.34. The van der Waals surface area contributed by atoms with Crippen molar-refractivity contribution in [1.82, 2.24) is 19.9 Å². The number of likely N-dealkylation sites (tertiary alicyclic amines) is 1. The van der Waals surface area contributed by atoms with Crippen molar-refractivity contribution in [3.05, 3.63) is 71.6 Å². The number of anilines is 1. The first-order valence-electron chi connectivity index (χ1n) is 10.9. The van der Waals surface area contributed by atoms with Crippen molar-refractivity contribution >= 4 is 11.7 Å². The molecule has 176 valence electrons. The number of hydrogen-bond acceptors (Lipinski definition) is 5. The zero-order valence-corrected chi connectivity index (χ0v) is 18.2. The first-order valence-corrected chi connectivity index (χ1v) is 10.9. The topological polar surface area (TPSA) is 71.0 Å². The van der Waals surface area contributed by atoms with Crippen molar-refractivity contribution < 1.29 is 22.4 Å². The fraction of sp³-hybridized carbons (Fsp3) is 0.333. The van der Waals surface area contributed by atoms with Gasteiger partial charge in [-0.05, 0) is 61.6 Å². The molecular weight excluding hydrogens is 450 g/mol. The van der Waals surface area contributed by atoms with Gasteiger partial charge in [-0.2, -0.15) is 13.2 Å². The highest BCUT2D eigenvalue weighted by atomic mass is 19.4. The Kier molecular flexibility index (Phi) is 5.45. The van der Waals surface area contributed by atoms with Gasteiger partial charge in [0.1, 0.15) is 23.0 Å². The number of carbonyl (C=O) groups excluding carboxylic acids is 1. The van der Waals surface area contributed by atoms with Gasteiger partial charge < -0.3 is 10.2 Å². The summed E-state index contributed by atoms with van der Waals surface area (Å²) in [5.41, 5.74) is 0.479. The molecule has 2 aliphatic rings. The van der Waals surface area contributed by atoms with E-state index < -0.39 is 17.6 Å². The van der Waals surface area contributed by atoms with Crippen LogP contribution in [0, 0.1) is 18.7 Å². The molecule has 34 heavy (non-hydrogen) atoms. The Morgan fingerprint density at radius 1 is 1.12 bits per heavy atom. The number of nitrogens with zero attached hydrogens (tertiary/aromatic N) is 4. The number of piperidine rings is 1. The number of rotatable bonds is 4. The van der Waals surface area contributed by atoms with E-state index >= 15 is 0 Å². The van der Waals surface area contributed by atoms with E-state index in [-0.39, 0.29) is 35.3 Å². The van der Waals surface area contributed by atoms with Crippen LogP contribution in [0.1, 0.15) is 34.5 Å². The van der Waals surface area contributed by atoms with Crippen molar-refractivity contribution in [3.8, 4) is 11.3 Å². The molecule has 0 aromatic carbocycles. The Morgan fingerprint density at radius 2 is 1.94 bits per heavy atom. The maximum Gasteiger partial charge on any atom is 0.417 e. The van der Waals surface area contributed by atoms with Crippen LogP contribution in [0.3, 0.4) is 0 Å². The van der Waals surface area contributed by atoms with E-state index in [1.165, 1.54) is 24.4 Å². The minimum Gasteiger partial charge on any atom is -0.365 e. The summed E-state index contributed by atoms with van der Waals surface area (Å²) in [5.74, 6) is -0.289. The standard InChI is InChI=1S/C24H21F4N5O/c1-13-7-16(21-17(25)3-2-6-29-21)22(31-10-13)23(34)33-12-14-8-18(19(33)9-14)32-20-5-4-15(11-30-20)24(26,27)28/h2-7,10-11,14,18-19H,8-9,12H2,1H3,(H,30,32). The number of alkyl halides is 3. The molecule has 6 nitrogen and oxygen atoms in total. The van der Waals surface area contributed by atoms with Gasteiger partial charge in [-0.15, -0.1) is 0 Å². The summed E-state index contributed by atoms with van der Waals surface area (Å²) in [4.78, 5) is 27.6. The summed E-state index contributed by atoms with van der Waals surface area (Å²) in [6.07, 6.45) is 0.913. The molecular formula is C24H21F4N5O. The van der Waals surface area contributed by atoms with Gasteiger partial charge in [-0.1, -0.05) is 0 Å². The third-order valence-corrected chi connectivity index (χ3v) is 6.41. The summed E-state index contributed by atoms with van der Waals surface area (Å²) >= 11 is 0. The third kappa shape index (κ3) is 4.08. The van der Waals surface area contributed by atoms with Gasteiger partial charge in [0.2, 0.25) is 0 Å². The van der Waals surface area contributed by atoms with Crippen molar-refractivity contribution in [3.63, 3.8) is 0 Å². The second-order valence-corrected chi connectivity index (χ2v) is 8.79. The van der Waals surface area contributed by atoms with Crippen molar-refractivity contribution in [2.75, 3.05) is 11.9 Å². The first kappa shape index (κ1) is 22.2.